The Morgan fingerprint density at radius 2 is 1.63 bits per heavy atom. The number of rotatable bonds is 5. The van der Waals surface area contributed by atoms with Gasteiger partial charge in [0.25, 0.3) is 5.91 Å². The van der Waals surface area contributed by atoms with Gasteiger partial charge in [0.1, 0.15) is 6.04 Å². The molecule has 0 unspecified atom stereocenters. The van der Waals surface area contributed by atoms with Crippen molar-refractivity contribution in [2.24, 2.45) is 4.99 Å². The van der Waals surface area contributed by atoms with E-state index in [1.54, 1.807) is 24.3 Å². The Hall–Kier alpha value is -3.55. The Labute approximate surface area is 209 Å². The molecule has 0 aromatic heterocycles. The molecule has 1 fully saturated rings. The second kappa shape index (κ2) is 10.4. The molecule has 1 saturated heterocycles. The number of quaternary nitrogens is 1. The van der Waals surface area contributed by atoms with Crippen molar-refractivity contribution < 1.29 is 19.5 Å². The van der Waals surface area contributed by atoms with Gasteiger partial charge in [0.2, 0.25) is 0 Å². The SMILES string of the molecule is COc1cc(/C=C2/SC(N3CC[NH+](C(c4ccccc4)c4ccccc4)CC3)=NC2=O)ccc1O. The topological polar surface area (TPSA) is 66.6 Å². The predicted molar refractivity (Wildman–Crippen MR) is 140 cm³/mol. The number of aromatic hydroxyl groups is 1. The number of methoxy groups -OCH3 is 1. The molecular formula is C28H28N3O3S+. The third kappa shape index (κ3) is 5.11. The molecule has 5 rings (SSSR count). The molecule has 2 aliphatic rings. The lowest BCUT2D eigenvalue weighted by Gasteiger charge is -2.37. The Kier molecular flexibility index (Phi) is 6.88. The number of amides is 1. The molecule has 6 nitrogen and oxygen atoms in total. The number of aliphatic imine (C=N–C) groups is 1. The zero-order valence-electron chi connectivity index (χ0n) is 19.6. The van der Waals surface area contributed by atoms with E-state index in [-0.39, 0.29) is 17.7 Å². The van der Waals surface area contributed by atoms with Crippen molar-refractivity contribution in [3.05, 3.63) is 100 Å². The quantitative estimate of drug-likeness (QED) is 0.542. The number of nitrogens with zero attached hydrogens (tertiary/aromatic N) is 2. The zero-order valence-corrected chi connectivity index (χ0v) is 20.4. The Bertz CT molecular complexity index is 1210. The van der Waals surface area contributed by atoms with Crippen LogP contribution >= 0.6 is 11.8 Å². The molecule has 35 heavy (non-hydrogen) atoms. The summed E-state index contributed by atoms with van der Waals surface area (Å²) in [6.07, 6.45) is 1.80. The van der Waals surface area contributed by atoms with Crippen molar-refractivity contribution in [1.29, 1.82) is 0 Å². The number of nitrogens with one attached hydrogen (secondary N) is 1. The van der Waals surface area contributed by atoms with Gasteiger partial charge in [-0.15, -0.1) is 0 Å². The molecule has 2 N–H and O–H groups in total. The van der Waals surface area contributed by atoms with Gasteiger partial charge in [-0.1, -0.05) is 66.7 Å². The molecule has 178 valence electrons. The second-order valence-corrected chi connectivity index (χ2v) is 9.65. The van der Waals surface area contributed by atoms with Gasteiger partial charge in [-0.2, -0.15) is 4.99 Å². The maximum absolute atomic E-state index is 12.6. The number of thioether (sulfide) groups is 1. The number of amidine groups is 1. The fourth-order valence-corrected chi connectivity index (χ4v) is 5.66. The lowest BCUT2D eigenvalue weighted by Crippen LogP contribution is -3.15. The summed E-state index contributed by atoms with van der Waals surface area (Å²) in [4.78, 5) is 21.3. The number of phenolic OH excluding ortho intramolecular Hbond substituents is 1. The summed E-state index contributed by atoms with van der Waals surface area (Å²) < 4.78 is 5.18. The fraction of sp³-hybridized carbons (Fsp3) is 0.214. The van der Waals surface area contributed by atoms with E-state index in [1.165, 1.54) is 34.9 Å². The van der Waals surface area contributed by atoms with Crippen molar-refractivity contribution in [2.45, 2.75) is 6.04 Å². The average molecular weight is 487 g/mol. The minimum Gasteiger partial charge on any atom is -0.504 e. The summed E-state index contributed by atoms with van der Waals surface area (Å²) >= 11 is 1.42. The van der Waals surface area contributed by atoms with Crippen LogP contribution in [0.4, 0.5) is 0 Å². The number of phenols is 1. The van der Waals surface area contributed by atoms with E-state index >= 15 is 0 Å². The molecule has 0 atom stereocenters. The van der Waals surface area contributed by atoms with Crippen molar-refractivity contribution in [3.8, 4) is 11.5 Å². The van der Waals surface area contributed by atoms with Crippen LogP contribution in [0.5, 0.6) is 11.5 Å². The van der Waals surface area contributed by atoms with E-state index in [0.29, 0.717) is 10.7 Å². The molecule has 0 radical (unpaired) electrons. The molecule has 0 saturated carbocycles. The second-order valence-electron chi connectivity index (χ2n) is 8.64. The highest BCUT2D eigenvalue weighted by Gasteiger charge is 2.33. The number of carbonyl (C=O) groups excluding carboxylic acids is 1. The first kappa shape index (κ1) is 23.2. The molecule has 2 heterocycles. The highest BCUT2D eigenvalue weighted by atomic mass is 32.2. The van der Waals surface area contributed by atoms with Crippen LogP contribution in [0.1, 0.15) is 22.7 Å². The maximum atomic E-state index is 12.6. The number of piperazine rings is 1. The van der Waals surface area contributed by atoms with E-state index in [9.17, 15) is 9.90 Å². The van der Waals surface area contributed by atoms with Crippen LogP contribution < -0.4 is 9.64 Å². The van der Waals surface area contributed by atoms with Crippen molar-refractivity contribution in [3.63, 3.8) is 0 Å². The number of hydrogen-bond donors (Lipinski definition) is 2. The van der Waals surface area contributed by atoms with Gasteiger partial charge in [-0.05, 0) is 35.5 Å². The summed E-state index contributed by atoms with van der Waals surface area (Å²) in [7, 11) is 1.50. The van der Waals surface area contributed by atoms with Gasteiger partial charge in [0.05, 0.1) is 38.2 Å². The van der Waals surface area contributed by atoms with Crippen molar-refractivity contribution in [1.82, 2.24) is 4.90 Å². The summed E-state index contributed by atoms with van der Waals surface area (Å²) in [6.45, 7) is 3.59. The van der Waals surface area contributed by atoms with Crippen molar-refractivity contribution >= 4 is 28.9 Å². The normalized spacial score (nSPS) is 17.8. The average Bonchev–Trinajstić information content (AvgIpc) is 3.27. The van der Waals surface area contributed by atoms with Gasteiger partial charge in [0.15, 0.2) is 16.7 Å². The largest absolute Gasteiger partial charge is 0.504 e. The highest BCUT2D eigenvalue weighted by Crippen LogP contribution is 2.33. The monoisotopic (exact) mass is 486 g/mol. The summed E-state index contributed by atoms with van der Waals surface area (Å²) in [5.41, 5.74) is 3.42. The van der Waals surface area contributed by atoms with Gasteiger partial charge in [0, 0.05) is 11.1 Å². The van der Waals surface area contributed by atoms with Crippen LogP contribution in [0.3, 0.4) is 0 Å². The van der Waals surface area contributed by atoms with E-state index < -0.39 is 0 Å². The number of ether oxygens (including phenoxy) is 1. The lowest BCUT2D eigenvalue weighted by atomic mass is 9.96. The van der Waals surface area contributed by atoms with Crippen LogP contribution in [0.15, 0.2) is 88.8 Å². The van der Waals surface area contributed by atoms with E-state index in [4.69, 9.17) is 4.74 Å². The Morgan fingerprint density at radius 1 is 1.00 bits per heavy atom. The molecular weight excluding hydrogens is 458 g/mol. The molecule has 2 aliphatic heterocycles. The fourth-order valence-electron chi connectivity index (χ4n) is 4.70. The molecule has 0 spiro atoms. The molecule has 3 aromatic rings. The van der Waals surface area contributed by atoms with Gasteiger partial charge in [-0.25, -0.2) is 0 Å². The number of hydrogen-bond acceptors (Lipinski definition) is 5. The first-order chi connectivity index (χ1) is 17.1. The van der Waals surface area contributed by atoms with E-state index in [2.05, 4.69) is 70.6 Å². The maximum Gasteiger partial charge on any atom is 0.286 e. The third-order valence-corrected chi connectivity index (χ3v) is 7.51. The zero-order chi connectivity index (χ0) is 24.2. The number of carbonyl (C=O) groups is 1. The Morgan fingerprint density at radius 3 is 2.23 bits per heavy atom. The summed E-state index contributed by atoms with van der Waals surface area (Å²) in [5, 5.41) is 10.6. The van der Waals surface area contributed by atoms with Crippen LogP contribution in [0, 0.1) is 0 Å². The van der Waals surface area contributed by atoms with Gasteiger partial charge in [-0.3, -0.25) is 4.79 Å². The molecule has 1 amide bonds. The molecule has 0 bridgehead atoms. The first-order valence-corrected chi connectivity index (χ1v) is 12.5. The van der Waals surface area contributed by atoms with E-state index in [1.807, 2.05) is 0 Å². The summed E-state index contributed by atoms with van der Waals surface area (Å²) in [6, 6.07) is 26.7. The molecule has 0 aliphatic carbocycles. The van der Waals surface area contributed by atoms with Crippen LogP contribution in [-0.2, 0) is 4.79 Å². The van der Waals surface area contributed by atoms with Crippen LogP contribution in [0.2, 0.25) is 0 Å². The minimum atomic E-state index is -0.224. The predicted octanol–water partition coefficient (Wildman–Crippen LogP) is 3.36. The highest BCUT2D eigenvalue weighted by molar-refractivity contribution is 8.18. The summed E-state index contributed by atoms with van der Waals surface area (Å²) in [5.74, 6) is 0.223. The van der Waals surface area contributed by atoms with E-state index in [0.717, 1.165) is 36.9 Å². The van der Waals surface area contributed by atoms with Gasteiger partial charge < -0.3 is 19.6 Å². The first-order valence-electron chi connectivity index (χ1n) is 11.7. The molecule has 3 aromatic carbocycles. The minimum absolute atomic E-state index is 0.0710. The number of benzene rings is 3. The smallest absolute Gasteiger partial charge is 0.286 e. The third-order valence-electron chi connectivity index (χ3n) is 6.46. The van der Waals surface area contributed by atoms with Crippen LogP contribution in [-0.4, -0.2) is 54.4 Å². The lowest BCUT2D eigenvalue weighted by molar-refractivity contribution is -0.929. The van der Waals surface area contributed by atoms with Gasteiger partial charge >= 0.3 is 0 Å². The Balaban J connectivity index is 1.28. The standard InChI is InChI=1S/C28H27N3O3S/c1-34-24-18-20(12-13-23(24)32)19-25-27(33)29-28(35-25)31-16-14-30(15-17-31)26(21-8-4-2-5-9-21)22-10-6-3-7-11-22/h2-13,18-19,26,32H,14-17H2,1H3/p+1/b25-19+. The molecule has 7 heteroatoms. The van der Waals surface area contributed by atoms with Crippen molar-refractivity contribution in [2.75, 3.05) is 33.3 Å². The van der Waals surface area contributed by atoms with Crippen LogP contribution in [0.25, 0.3) is 6.08 Å².